The van der Waals surface area contributed by atoms with Crippen LogP contribution in [0.5, 0.6) is 0 Å². The van der Waals surface area contributed by atoms with Crippen molar-refractivity contribution in [2.45, 2.75) is 148 Å². The van der Waals surface area contributed by atoms with Crippen LogP contribution in [0.1, 0.15) is 114 Å². The van der Waals surface area contributed by atoms with Crippen molar-refractivity contribution in [1.29, 1.82) is 0 Å². The van der Waals surface area contributed by atoms with Crippen molar-refractivity contribution in [3.8, 4) is 0 Å². The molecule has 0 saturated carbocycles. The number of esters is 2. The molecule has 0 spiro atoms. The molecule has 0 aliphatic carbocycles. The fourth-order valence-corrected chi connectivity index (χ4v) is 11.3. The molecule has 0 unspecified atom stereocenters. The molecule has 0 aromatic heterocycles. The Balaban J connectivity index is 1.55. The average molecular weight is 722 g/mol. The molecule has 2 heterocycles. The van der Waals surface area contributed by atoms with E-state index in [0.29, 0.717) is 25.1 Å². The summed E-state index contributed by atoms with van der Waals surface area (Å²) >= 11 is 0. The molecule has 4 rings (SSSR count). The molecule has 3 N–H and O–H groups in total. The van der Waals surface area contributed by atoms with Crippen molar-refractivity contribution in [3.63, 3.8) is 0 Å². The number of allylic oxidation sites excluding steroid dienone is 1. The van der Waals surface area contributed by atoms with E-state index in [1.54, 1.807) is 0 Å². The number of rotatable bonds is 14. The summed E-state index contributed by atoms with van der Waals surface area (Å²) in [5.41, 5.74) is 5.24. The van der Waals surface area contributed by atoms with Crippen LogP contribution >= 0.6 is 0 Å². The molecule has 0 amide bonds. The smallest absolute Gasteiger partial charge is 0.333 e. The normalized spacial score (nSPS) is 23.7. The van der Waals surface area contributed by atoms with Crippen molar-refractivity contribution >= 4 is 30.6 Å². The second-order valence-corrected chi connectivity index (χ2v) is 21.4. The fraction of sp³-hybridized carbons (Fsp3) is 0.619. The molecule has 51 heavy (non-hydrogen) atoms. The number of carbonyl (C=O) groups excluding carboxylic acids is 2. The lowest BCUT2D eigenvalue weighted by molar-refractivity contribution is -0.173. The molecule has 9 heteroatoms. The van der Waals surface area contributed by atoms with Gasteiger partial charge in [-0.2, -0.15) is 0 Å². The number of carbonyl (C=O) groups is 2. The summed E-state index contributed by atoms with van der Waals surface area (Å²) in [5, 5.41) is 1.53. The fourth-order valence-electron chi connectivity index (χ4n) is 7.61. The van der Waals surface area contributed by atoms with E-state index in [4.69, 9.17) is 24.7 Å². The third kappa shape index (κ3) is 10.3. The summed E-state index contributed by atoms with van der Waals surface area (Å²) in [5.74, 6) is -0.725. The van der Waals surface area contributed by atoms with Crippen LogP contribution in [0.3, 0.4) is 0 Å². The van der Waals surface area contributed by atoms with E-state index < -0.39 is 35.9 Å². The highest BCUT2D eigenvalue weighted by Crippen LogP contribution is 2.50. The minimum Gasteiger partial charge on any atom is -0.465 e. The molecular formula is C42H63NO7Si. The van der Waals surface area contributed by atoms with Gasteiger partial charge in [-0.1, -0.05) is 81.4 Å². The van der Waals surface area contributed by atoms with Gasteiger partial charge in [-0.3, -0.25) is 4.79 Å². The molecular weight excluding hydrogens is 659 g/mol. The quantitative estimate of drug-likeness (QED) is 0.0932. The number of fused-ring (bicyclic) bond motifs is 1. The van der Waals surface area contributed by atoms with Gasteiger partial charge in [-0.25, -0.2) is 4.79 Å². The first-order valence-corrected chi connectivity index (χ1v) is 20.7. The first-order chi connectivity index (χ1) is 23.8. The van der Waals surface area contributed by atoms with E-state index in [1.807, 2.05) is 84.9 Å². The van der Waals surface area contributed by atoms with Crippen molar-refractivity contribution in [2.75, 3.05) is 6.61 Å². The first-order valence-electron chi connectivity index (χ1n) is 18.8. The molecule has 2 aliphatic heterocycles. The Hall–Kier alpha value is -2.98. The molecule has 2 fully saturated rings. The van der Waals surface area contributed by atoms with Gasteiger partial charge >= 0.3 is 11.9 Å². The van der Waals surface area contributed by atoms with Crippen molar-refractivity contribution in [3.05, 3.63) is 72.4 Å². The van der Waals surface area contributed by atoms with E-state index >= 15 is 0 Å². The maximum atomic E-state index is 12.9. The van der Waals surface area contributed by atoms with E-state index in [1.165, 1.54) is 6.08 Å². The van der Waals surface area contributed by atoms with Crippen LogP contribution in [0.4, 0.5) is 0 Å². The third-order valence-corrected chi connectivity index (χ3v) is 15.1. The number of nitrogens with two attached hydrogens (primary N) is 1. The second-order valence-electron chi connectivity index (χ2n) is 17.5. The molecule has 2 aromatic carbocycles. The number of benzene rings is 2. The molecule has 0 bridgehead atoms. The predicted molar refractivity (Wildman–Crippen MR) is 205 cm³/mol. The summed E-state index contributed by atoms with van der Waals surface area (Å²) in [6.45, 7) is 17.9. The standard InChI is InChI=1S/C42H63NO7Si/c1-30(35(43)28-37(44)50-40(5,6)7)27-31-22-23-36-42(49-31,29-32(48-36)17-16-26-47-38(45)39(2,3)4)25-24-41(8,9)51(46,33-18-12-10-13-19-33)34-20-14-11-15-21-34/h10-15,18-21,28,30-32,36,46H,16-17,22-27,29,43H2,1-9H3/b35-28-/t30-,31-,32+,36+,42+/m1/s1. The molecule has 2 saturated heterocycles. The highest BCUT2D eigenvalue weighted by Gasteiger charge is 2.56. The number of hydrogen-bond acceptors (Lipinski definition) is 8. The maximum Gasteiger partial charge on any atom is 0.333 e. The van der Waals surface area contributed by atoms with Gasteiger partial charge < -0.3 is 29.5 Å². The van der Waals surface area contributed by atoms with Crippen molar-refractivity contribution in [2.24, 2.45) is 17.1 Å². The van der Waals surface area contributed by atoms with Gasteiger partial charge in [0, 0.05) is 18.2 Å². The van der Waals surface area contributed by atoms with Crippen LogP contribution < -0.4 is 16.1 Å². The summed E-state index contributed by atoms with van der Waals surface area (Å²) in [6, 6.07) is 20.3. The van der Waals surface area contributed by atoms with Gasteiger partial charge in [0.2, 0.25) is 0 Å². The first kappa shape index (κ1) is 40.8. The van der Waals surface area contributed by atoms with Crippen LogP contribution in [0.15, 0.2) is 72.4 Å². The summed E-state index contributed by atoms with van der Waals surface area (Å²) < 4.78 is 24.9. The lowest BCUT2D eigenvalue weighted by Gasteiger charge is -2.46. The Bertz CT molecular complexity index is 1440. The van der Waals surface area contributed by atoms with Crippen molar-refractivity contribution in [1.82, 2.24) is 0 Å². The van der Waals surface area contributed by atoms with Crippen LogP contribution in [0.2, 0.25) is 5.04 Å². The Morgan fingerprint density at radius 2 is 1.55 bits per heavy atom. The second kappa shape index (κ2) is 16.4. The van der Waals surface area contributed by atoms with Crippen LogP contribution in [0.25, 0.3) is 0 Å². The molecule has 8 nitrogen and oxygen atoms in total. The molecule has 2 aliphatic rings. The lowest BCUT2D eigenvalue weighted by atomic mass is 9.80. The Morgan fingerprint density at radius 1 is 0.961 bits per heavy atom. The van der Waals surface area contributed by atoms with E-state index in [-0.39, 0.29) is 30.2 Å². The lowest BCUT2D eigenvalue weighted by Crippen LogP contribution is -2.65. The van der Waals surface area contributed by atoms with E-state index in [0.717, 1.165) is 48.9 Å². The van der Waals surface area contributed by atoms with Crippen molar-refractivity contribution < 1.29 is 33.3 Å². The van der Waals surface area contributed by atoms with Crippen LogP contribution in [0, 0.1) is 11.3 Å². The highest BCUT2D eigenvalue weighted by molar-refractivity contribution is 6.98. The van der Waals surface area contributed by atoms with E-state index in [2.05, 4.69) is 38.1 Å². The minimum atomic E-state index is -3.23. The Morgan fingerprint density at radius 3 is 2.10 bits per heavy atom. The summed E-state index contributed by atoms with van der Waals surface area (Å²) in [6.07, 6.45) is 7.23. The Labute approximate surface area is 307 Å². The highest BCUT2D eigenvalue weighted by atomic mass is 28.4. The van der Waals surface area contributed by atoms with Gasteiger partial charge in [0.1, 0.15) is 5.60 Å². The van der Waals surface area contributed by atoms with Gasteiger partial charge in [0.25, 0.3) is 8.32 Å². The molecule has 2 aromatic rings. The monoisotopic (exact) mass is 721 g/mol. The molecule has 282 valence electrons. The Kier molecular flexibility index (Phi) is 13.1. The largest absolute Gasteiger partial charge is 0.465 e. The van der Waals surface area contributed by atoms with Gasteiger partial charge in [0.05, 0.1) is 35.9 Å². The zero-order valence-corrected chi connectivity index (χ0v) is 33.5. The number of hydrogen-bond donors (Lipinski definition) is 2. The summed E-state index contributed by atoms with van der Waals surface area (Å²) in [4.78, 5) is 37.7. The van der Waals surface area contributed by atoms with E-state index in [9.17, 15) is 14.4 Å². The van der Waals surface area contributed by atoms with Crippen LogP contribution in [-0.2, 0) is 28.5 Å². The van der Waals surface area contributed by atoms with Gasteiger partial charge in [-0.15, -0.1) is 0 Å². The summed E-state index contributed by atoms with van der Waals surface area (Å²) in [7, 11) is -3.23. The maximum absolute atomic E-state index is 12.9. The molecule has 0 radical (unpaired) electrons. The van der Waals surface area contributed by atoms with Crippen LogP contribution in [-0.4, -0.2) is 61.2 Å². The average Bonchev–Trinajstić information content (AvgIpc) is 3.42. The third-order valence-electron chi connectivity index (χ3n) is 10.6. The number of ether oxygens (including phenoxy) is 4. The minimum absolute atomic E-state index is 0.0286. The SMILES string of the molecule is C[C@H](C[C@H]1CC[C@@H]2O[C@@H](CCCOC(=O)C(C)(C)C)C[C@]2(CCC(C)(C)[Si](O)(c2ccccc2)c2ccccc2)O1)/C(N)=C/C(=O)OC(C)(C)C. The van der Waals surface area contributed by atoms with Gasteiger partial charge in [-0.05, 0) is 108 Å². The predicted octanol–water partition coefficient (Wildman–Crippen LogP) is 6.95. The zero-order valence-electron chi connectivity index (χ0n) is 32.5. The molecule has 5 atom stereocenters. The van der Waals surface area contributed by atoms with Gasteiger partial charge in [0.15, 0.2) is 0 Å². The zero-order chi connectivity index (χ0) is 37.7. The topological polar surface area (TPSA) is 117 Å².